The van der Waals surface area contributed by atoms with Gasteiger partial charge in [-0.2, -0.15) is 13.2 Å². The molecule has 1 aliphatic rings. The van der Waals surface area contributed by atoms with Crippen LogP contribution in [0.3, 0.4) is 0 Å². The molecule has 1 aliphatic heterocycles. The van der Waals surface area contributed by atoms with Crippen LogP contribution in [0.4, 0.5) is 17.6 Å². The summed E-state index contributed by atoms with van der Waals surface area (Å²) in [6.45, 7) is 6.04. The van der Waals surface area contributed by atoms with Gasteiger partial charge >= 0.3 is 12.1 Å². The van der Waals surface area contributed by atoms with Crippen LogP contribution in [0.15, 0.2) is 66.7 Å². The number of halogens is 4. The van der Waals surface area contributed by atoms with Crippen molar-refractivity contribution in [1.82, 2.24) is 19.8 Å². The molecule has 2 heterocycles. The number of fused-ring (bicyclic) bond motifs is 1. The smallest absolute Gasteiger partial charge is 0.475 e. The number of alkyl halides is 3. The second-order valence-electron chi connectivity index (χ2n) is 9.17. The number of aliphatic hydroxyl groups is 1. The molecule has 0 radical (unpaired) electrons. The molecule has 0 saturated carbocycles. The first-order chi connectivity index (χ1) is 18.6. The van der Waals surface area contributed by atoms with Crippen molar-refractivity contribution in [3.05, 3.63) is 78.1 Å². The summed E-state index contributed by atoms with van der Waals surface area (Å²) in [5, 5.41) is 16.2. The van der Waals surface area contributed by atoms with Gasteiger partial charge in [0.25, 0.3) is 0 Å². The average Bonchev–Trinajstić information content (AvgIpc) is 3.34. The maximum Gasteiger partial charge on any atom is 0.490 e. The van der Waals surface area contributed by atoms with Crippen LogP contribution in [-0.4, -0.2) is 81.5 Å². The first kappa shape index (κ1) is 28.2. The van der Waals surface area contributed by atoms with Crippen molar-refractivity contribution >= 4 is 17.0 Å². The second-order valence-corrected chi connectivity index (χ2v) is 9.17. The van der Waals surface area contributed by atoms with Crippen molar-refractivity contribution in [2.24, 2.45) is 0 Å². The van der Waals surface area contributed by atoms with Crippen LogP contribution in [0.1, 0.15) is 5.56 Å². The quantitative estimate of drug-likeness (QED) is 0.303. The van der Waals surface area contributed by atoms with E-state index in [-0.39, 0.29) is 12.4 Å². The molecule has 0 aliphatic carbocycles. The molecule has 1 aromatic heterocycles. The van der Waals surface area contributed by atoms with Gasteiger partial charge in [-0.3, -0.25) is 9.80 Å². The molecule has 206 valence electrons. The summed E-state index contributed by atoms with van der Waals surface area (Å²) in [4.78, 5) is 21.5. The van der Waals surface area contributed by atoms with E-state index in [0.717, 1.165) is 67.3 Å². The Kier molecular flexibility index (Phi) is 8.95. The number of β-amino-alcohol motifs (C(OH)–C–C–N with tert-alkyl or cyclic N) is 1. The van der Waals surface area contributed by atoms with E-state index >= 15 is 0 Å². The molecule has 1 saturated heterocycles. The Bertz CT molecular complexity index is 1400. The lowest BCUT2D eigenvalue weighted by Crippen LogP contribution is -2.46. The van der Waals surface area contributed by atoms with Crippen LogP contribution in [0.25, 0.3) is 33.5 Å². The van der Waals surface area contributed by atoms with E-state index in [0.29, 0.717) is 5.52 Å². The number of aromatic amines is 1. The fourth-order valence-electron chi connectivity index (χ4n) is 4.34. The molecule has 3 N–H and O–H groups in total. The summed E-state index contributed by atoms with van der Waals surface area (Å²) in [7, 11) is 0. The van der Waals surface area contributed by atoms with E-state index in [1.165, 1.54) is 17.7 Å². The van der Waals surface area contributed by atoms with Crippen LogP contribution >= 0.6 is 0 Å². The van der Waals surface area contributed by atoms with Crippen molar-refractivity contribution in [2.45, 2.75) is 12.7 Å². The molecule has 0 bridgehead atoms. The zero-order valence-electron chi connectivity index (χ0n) is 21.0. The van der Waals surface area contributed by atoms with E-state index in [1.54, 1.807) is 6.07 Å². The molecule has 7 nitrogen and oxygen atoms in total. The van der Waals surface area contributed by atoms with Crippen molar-refractivity contribution in [2.75, 3.05) is 39.3 Å². The molecule has 4 aromatic rings. The molecule has 0 spiro atoms. The summed E-state index contributed by atoms with van der Waals surface area (Å²) in [5.41, 5.74) is 6.02. The van der Waals surface area contributed by atoms with Gasteiger partial charge in [-0.1, -0.05) is 42.5 Å². The topological polar surface area (TPSA) is 92.7 Å². The number of benzene rings is 3. The van der Waals surface area contributed by atoms with Gasteiger partial charge in [0.05, 0.1) is 17.6 Å². The van der Waals surface area contributed by atoms with Gasteiger partial charge in [-0.25, -0.2) is 14.2 Å². The van der Waals surface area contributed by atoms with Crippen LogP contribution in [0.5, 0.6) is 0 Å². The Balaban J connectivity index is 0.000000448. The van der Waals surface area contributed by atoms with E-state index in [9.17, 15) is 17.6 Å². The lowest BCUT2D eigenvalue weighted by Gasteiger charge is -2.34. The number of aliphatic hydroxyl groups excluding tert-OH is 1. The minimum absolute atomic E-state index is 0.234. The predicted molar refractivity (Wildman–Crippen MR) is 139 cm³/mol. The maximum absolute atomic E-state index is 13.5. The van der Waals surface area contributed by atoms with E-state index in [1.807, 2.05) is 12.1 Å². The molecular weight excluding hydrogens is 516 g/mol. The second kappa shape index (κ2) is 12.4. The standard InChI is InChI=1S/C26H27FN4O.C2HF3O2/c27-23-8-9-24-25(17-23)29-26(28-24)22-3-1-2-21(16-22)20-6-4-19(5-7-20)18-31-12-10-30(11-13-31)14-15-32;3-2(4,5)1(6)7/h1-9,16-17,32H,10-15,18H2,(H,28,29);(H,6,7). The third-order valence-corrected chi connectivity index (χ3v) is 6.40. The number of aromatic nitrogens is 2. The number of imidazole rings is 1. The number of hydrogen-bond donors (Lipinski definition) is 3. The fraction of sp³-hybridized carbons (Fsp3) is 0.286. The minimum Gasteiger partial charge on any atom is -0.475 e. The van der Waals surface area contributed by atoms with Crippen LogP contribution in [0, 0.1) is 5.82 Å². The minimum atomic E-state index is -5.08. The van der Waals surface area contributed by atoms with Crippen LogP contribution < -0.4 is 0 Å². The zero-order valence-corrected chi connectivity index (χ0v) is 21.0. The van der Waals surface area contributed by atoms with Crippen molar-refractivity contribution in [1.29, 1.82) is 0 Å². The van der Waals surface area contributed by atoms with Crippen molar-refractivity contribution < 1.29 is 32.6 Å². The maximum atomic E-state index is 13.5. The number of hydrogen-bond acceptors (Lipinski definition) is 5. The molecule has 1 fully saturated rings. The van der Waals surface area contributed by atoms with Gasteiger partial charge < -0.3 is 15.2 Å². The number of nitrogens with zero attached hydrogens (tertiary/aromatic N) is 3. The highest BCUT2D eigenvalue weighted by Gasteiger charge is 2.38. The first-order valence-corrected chi connectivity index (χ1v) is 12.3. The van der Waals surface area contributed by atoms with Crippen LogP contribution in [-0.2, 0) is 11.3 Å². The van der Waals surface area contributed by atoms with E-state index < -0.39 is 12.1 Å². The predicted octanol–water partition coefficient (Wildman–Crippen LogP) is 4.78. The number of carboxylic acids is 1. The number of carbonyl (C=O) groups is 1. The average molecular weight is 545 g/mol. The lowest BCUT2D eigenvalue weighted by molar-refractivity contribution is -0.192. The van der Waals surface area contributed by atoms with E-state index in [2.05, 4.69) is 56.2 Å². The summed E-state index contributed by atoms with van der Waals surface area (Å²) in [5.74, 6) is -2.29. The van der Waals surface area contributed by atoms with Gasteiger partial charge in [0.15, 0.2) is 0 Å². The highest BCUT2D eigenvalue weighted by atomic mass is 19.4. The monoisotopic (exact) mass is 544 g/mol. The molecule has 5 rings (SSSR count). The Morgan fingerprint density at radius 2 is 1.54 bits per heavy atom. The number of rotatable bonds is 6. The van der Waals surface area contributed by atoms with Crippen LogP contribution in [0.2, 0.25) is 0 Å². The Labute approximate surface area is 222 Å². The van der Waals surface area contributed by atoms with Gasteiger partial charge in [0, 0.05) is 44.8 Å². The Morgan fingerprint density at radius 1 is 0.897 bits per heavy atom. The number of piperazine rings is 1. The largest absolute Gasteiger partial charge is 0.490 e. The molecule has 3 aromatic carbocycles. The van der Waals surface area contributed by atoms with Gasteiger partial charge in [-0.05, 0) is 41.0 Å². The Hall–Kier alpha value is -3.80. The highest BCUT2D eigenvalue weighted by Crippen LogP contribution is 2.27. The Morgan fingerprint density at radius 3 is 2.18 bits per heavy atom. The molecule has 0 atom stereocenters. The zero-order chi connectivity index (χ0) is 28.0. The first-order valence-electron chi connectivity index (χ1n) is 12.3. The molecule has 11 heteroatoms. The van der Waals surface area contributed by atoms with E-state index in [4.69, 9.17) is 15.0 Å². The molecular formula is C28H28F4N4O3. The molecule has 0 amide bonds. The normalized spacial score (nSPS) is 14.7. The SMILES string of the molecule is O=C(O)C(F)(F)F.OCCN1CCN(Cc2ccc(-c3cccc(-c4nc5ccc(F)cc5[nH]4)c3)cc2)CC1. The number of aliphatic carboxylic acids is 1. The number of H-pyrrole nitrogens is 1. The summed E-state index contributed by atoms with van der Waals surface area (Å²) >= 11 is 0. The van der Waals surface area contributed by atoms with Gasteiger partial charge in [-0.15, -0.1) is 0 Å². The van der Waals surface area contributed by atoms with Crippen molar-refractivity contribution in [3.8, 4) is 22.5 Å². The van der Waals surface area contributed by atoms with Gasteiger partial charge in [0.2, 0.25) is 0 Å². The lowest BCUT2D eigenvalue weighted by atomic mass is 10.0. The summed E-state index contributed by atoms with van der Waals surface area (Å²) < 4.78 is 45.2. The highest BCUT2D eigenvalue weighted by molar-refractivity contribution is 5.80. The third-order valence-electron chi connectivity index (χ3n) is 6.40. The van der Waals surface area contributed by atoms with Crippen molar-refractivity contribution in [3.63, 3.8) is 0 Å². The fourth-order valence-corrected chi connectivity index (χ4v) is 4.34. The number of nitrogens with one attached hydrogen (secondary N) is 1. The summed E-state index contributed by atoms with van der Waals surface area (Å²) in [6, 6.07) is 21.6. The van der Waals surface area contributed by atoms with Gasteiger partial charge in [0.1, 0.15) is 11.6 Å². The molecule has 0 unspecified atom stereocenters. The summed E-state index contributed by atoms with van der Waals surface area (Å²) in [6.07, 6.45) is -5.08. The molecule has 39 heavy (non-hydrogen) atoms. The third kappa shape index (κ3) is 7.62. The number of carboxylic acid groups (broad SMARTS) is 1.